The first-order chi connectivity index (χ1) is 6.91. The van der Waals surface area contributed by atoms with Gasteiger partial charge in [-0.25, -0.2) is 0 Å². The van der Waals surface area contributed by atoms with Crippen LogP contribution in [-0.4, -0.2) is 31.7 Å². The third-order valence-corrected chi connectivity index (χ3v) is 4.77. The number of rotatable bonds is 2. The van der Waals surface area contributed by atoms with Crippen LogP contribution in [0.25, 0.3) is 0 Å². The molecule has 15 heavy (non-hydrogen) atoms. The third-order valence-electron chi connectivity index (χ3n) is 4.77. The minimum Gasteiger partial charge on any atom is -0.375 e. The van der Waals surface area contributed by atoms with Crippen LogP contribution < -0.4 is 0 Å². The fourth-order valence-corrected chi connectivity index (χ4v) is 3.61. The van der Waals surface area contributed by atoms with E-state index in [-0.39, 0.29) is 17.7 Å². The van der Waals surface area contributed by atoms with E-state index in [0.29, 0.717) is 23.9 Å². The first kappa shape index (κ1) is 11.5. The molecule has 2 nitrogen and oxygen atoms in total. The zero-order valence-corrected chi connectivity index (χ0v) is 10.8. The molecular weight excluding hydrogens is 187 g/mol. The second-order valence-corrected chi connectivity index (χ2v) is 5.74. The van der Waals surface area contributed by atoms with Gasteiger partial charge in [0.25, 0.3) is 0 Å². The van der Waals surface area contributed by atoms with Crippen LogP contribution in [0.4, 0.5) is 0 Å². The van der Waals surface area contributed by atoms with Crippen LogP contribution in [0.3, 0.4) is 0 Å². The van der Waals surface area contributed by atoms with E-state index in [1.165, 1.54) is 0 Å². The summed E-state index contributed by atoms with van der Waals surface area (Å²) in [4.78, 5) is 0. The largest absolute Gasteiger partial charge is 0.375 e. The van der Waals surface area contributed by atoms with Gasteiger partial charge in [0, 0.05) is 5.92 Å². The van der Waals surface area contributed by atoms with Crippen molar-refractivity contribution in [2.45, 2.75) is 58.4 Å². The van der Waals surface area contributed by atoms with Crippen molar-refractivity contribution in [2.75, 3.05) is 0 Å². The first-order valence-electron chi connectivity index (χ1n) is 6.24. The van der Waals surface area contributed by atoms with E-state index in [2.05, 4.69) is 42.5 Å². The molecule has 2 heterocycles. The van der Waals surface area contributed by atoms with Gasteiger partial charge in [-0.05, 0) is 18.8 Å². The number of fused-ring (bicyclic) bond motifs is 2. The summed E-state index contributed by atoms with van der Waals surface area (Å²) >= 11 is 0. The van der Waals surface area contributed by atoms with E-state index >= 15 is 0 Å². The number of hydrogen-bond donors (Lipinski definition) is 0. The molecule has 86 valence electrons. The zero-order valence-electron chi connectivity index (χ0n) is 10.8. The lowest BCUT2D eigenvalue weighted by Crippen LogP contribution is -2.51. The summed E-state index contributed by atoms with van der Waals surface area (Å²) in [7, 11) is 2.14. The molecule has 3 heteroatoms. The van der Waals surface area contributed by atoms with E-state index < -0.39 is 0 Å². The second-order valence-electron chi connectivity index (χ2n) is 5.74. The van der Waals surface area contributed by atoms with Gasteiger partial charge in [0.05, 0.1) is 18.2 Å². The van der Waals surface area contributed by atoms with Crippen LogP contribution in [0, 0.1) is 17.8 Å². The summed E-state index contributed by atoms with van der Waals surface area (Å²) in [5.41, 5.74) is -0.0434. The van der Waals surface area contributed by atoms with Gasteiger partial charge in [-0.2, -0.15) is 0 Å². The Morgan fingerprint density at radius 2 is 1.80 bits per heavy atom. The van der Waals surface area contributed by atoms with Gasteiger partial charge in [-0.3, -0.25) is 0 Å². The van der Waals surface area contributed by atoms with Crippen molar-refractivity contribution in [2.24, 2.45) is 17.8 Å². The Balaban J connectivity index is 2.32. The molecule has 0 aromatic heterocycles. The first-order valence-corrected chi connectivity index (χ1v) is 6.24. The molecular formula is C12H23BO2. The summed E-state index contributed by atoms with van der Waals surface area (Å²) in [5, 5.41) is 0. The molecule has 0 amide bonds. The maximum Gasteiger partial charge on any atom is 0.142 e. The van der Waals surface area contributed by atoms with Crippen molar-refractivity contribution in [1.29, 1.82) is 0 Å². The summed E-state index contributed by atoms with van der Waals surface area (Å²) in [5.74, 6) is 1.72. The highest BCUT2D eigenvalue weighted by Gasteiger charge is 2.63. The highest BCUT2D eigenvalue weighted by molar-refractivity contribution is 6.11. The molecule has 2 saturated heterocycles. The molecule has 2 aliphatic heterocycles. The van der Waals surface area contributed by atoms with Crippen LogP contribution in [0.5, 0.6) is 0 Å². The molecule has 2 bridgehead atoms. The van der Waals surface area contributed by atoms with Crippen LogP contribution in [-0.2, 0) is 9.47 Å². The standard InChI is InChI=1S/C12H23BO2/c1-6(2)7(3)12-8(4)10(11(13)15-12)14-9(12)5/h6-11H,13H2,1-5H3/t7-,8+,9+,10-,11+,12-/m0/s1. The van der Waals surface area contributed by atoms with Gasteiger partial charge in [0.1, 0.15) is 13.4 Å². The van der Waals surface area contributed by atoms with E-state index in [9.17, 15) is 0 Å². The molecule has 2 rings (SSSR count). The molecule has 6 atom stereocenters. The SMILES string of the molecule is B[C@@H]1O[C@@]2([C@@H](C)C(C)C)[C@H](C)[C@@H]1O[C@@H]2C. The van der Waals surface area contributed by atoms with Crippen LogP contribution in [0.2, 0.25) is 0 Å². The normalized spacial score (nSPS) is 51.3. The van der Waals surface area contributed by atoms with Crippen molar-refractivity contribution >= 4 is 7.85 Å². The van der Waals surface area contributed by atoms with Crippen molar-refractivity contribution in [1.82, 2.24) is 0 Å². The average Bonchev–Trinajstić information content (AvgIpc) is 2.54. The van der Waals surface area contributed by atoms with E-state index in [1.807, 2.05) is 0 Å². The lowest BCUT2D eigenvalue weighted by atomic mass is 9.72. The molecule has 2 fully saturated rings. The predicted octanol–water partition coefficient (Wildman–Crippen LogP) is 1.43. The highest BCUT2D eigenvalue weighted by Crippen LogP contribution is 2.53. The van der Waals surface area contributed by atoms with Crippen LogP contribution in [0.1, 0.15) is 34.6 Å². The molecule has 0 N–H and O–H groups in total. The predicted molar refractivity (Wildman–Crippen MR) is 63.6 cm³/mol. The quantitative estimate of drug-likeness (QED) is 0.642. The van der Waals surface area contributed by atoms with Crippen molar-refractivity contribution in [3.8, 4) is 0 Å². The van der Waals surface area contributed by atoms with Crippen LogP contribution in [0.15, 0.2) is 0 Å². The van der Waals surface area contributed by atoms with Gasteiger partial charge in [0.15, 0.2) is 0 Å². The minimum absolute atomic E-state index is 0.0434. The molecule has 0 aromatic rings. The Hall–Kier alpha value is -0.0151. The fourth-order valence-electron chi connectivity index (χ4n) is 3.61. The molecule has 2 aliphatic rings. The maximum absolute atomic E-state index is 6.27. The molecule has 0 aliphatic carbocycles. The lowest BCUT2D eigenvalue weighted by molar-refractivity contribution is -0.181. The number of hydrogen-bond acceptors (Lipinski definition) is 2. The average molecular weight is 210 g/mol. The maximum atomic E-state index is 6.27. The summed E-state index contributed by atoms with van der Waals surface area (Å²) in [6.45, 7) is 11.3. The van der Waals surface area contributed by atoms with Gasteiger partial charge < -0.3 is 9.47 Å². The summed E-state index contributed by atoms with van der Waals surface area (Å²) in [6, 6.07) is 0.261. The Morgan fingerprint density at radius 1 is 1.20 bits per heavy atom. The molecule has 0 radical (unpaired) electrons. The van der Waals surface area contributed by atoms with Crippen molar-refractivity contribution in [3.63, 3.8) is 0 Å². The topological polar surface area (TPSA) is 18.5 Å². The third kappa shape index (κ3) is 1.32. The Morgan fingerprint density at radius 3 is 2.20 bits per heavy atom. The Kier molecular flexibility index (Phi) is 2.67. The highest BCUT2D eigenvalue weighted by atomic mass is 16.6. The summed E-state index contributed by atoms with van der Waals surface area (Å²) in [6.07, 6.45) is 0.548. The molecule has 0 unspecified atom stereocenters. The second kappa shape index (κ2) is 3.49. The van der Waals surface area contributed by atoms with Gasteiger partial charge >= 0.3 is 0 Å². The van der Waals surface area contributed by atoms with E-state index in [1.54, 1.807) is 0 Å². The zero-order chi connectivity index (χ0) is 11.4. The van der Waals surface area contributed by atoms with E-state index in [4.69, 9.17) is 9.47 Å². The Bertz CT molecular complexity index is 256. The molecule has 0 saturated carbocycles. The minimum atomic E-state index is -0.0434. The molecule has 0 spiro atoms. The Labute approximate surface area is 94.1 Å². The van der Waals surface area contributed by atoms with E-state index in [0.717, 1.165) is 0 Å². The van der Waals surface area contributed by atoms with Crippen LogP contribution >= 0.6 is 0 Å². The van der Waals surface area contributed by atoms with Gasteiger partial charge in [-0.1, -0.05) is 27.7 Å². The van der Waals surface area contributed by atoms with Crippen molar-refractivity contribution in [3.05, 3.63) is 0 Å². The van der Waals surface area contributed by atoms with Crippen molar-refractivity contribution < 1.29 is 9.47 Å². The lowest BCUT2D eigenvalue weighted by Gasteiger charge is -2.42. The fraction of sp³-hybridized carbons (Fsp3) is 1.00. The number of ether oxygens (including phenoxy) is 2. The van der Waals surface area contributed by atoms with Gasteiger partial charge in [0.2, 0.25) is 0 Å². The van der Waals surface area contributed by atoms with Gasteiger partial charge in [-0.15, -0.1) is 0 Å². The smallest absolute Gasteiger partial charge is 0.142 e. The molecule has 0 aromatic carbocycles. The summed E-state index contributed by atoms with van der Waals surface area (Å²) < 4.78 is 12.3. The monoisotopic (exact) mass is 210 g/mol.